The second kappa shape index (κ2) is 11.3. The van der Waals surface area contributed by atoms with Crippen molar-refractivity contribution < 1.29 is 44.3 Å². The van der Waals surface area contributed by atoms with E-state index in [1.54, 1.807) is 24.3 Å². The van der Waals surface area contributed by atoms with Crippen LogP contribution in [0.3, 0.4) is 0 Å². The molecule has 2 unspecified atom stereocenters. The van der Waals surface area contributed by atoms with E-state index < -0.39 is 35.7 Å². The van der Waals surface area contributed by atoms with Crippen molar-refractivity contribution in [1.82, 2.24) is 5.32 Å². The highest BCUT2D eigenvalue weighted by Crippen LogP contribution is 2.29. The minimum atomic E-state index is -1.56. The highest BCUT2D eigenvalue weighted by Gasteiger charge is 2.35. The molecule has 0 spiro atoms. The number of amides is 1. The minimum absolute atomic E-state index is 0.00280. The lowest BCUT2D eigenvalue weighted by atomic mass is 9.87. The molecule has 0 bridgehead atoms. The smallest absolute Gasteiger partial charge is 0.341 e. The second-order valence-corrected chi connectivity index (χ2v) is 7.93. The quantitative estimate of drug-likeness (QED) is 0.247. The van der Waals surface area contributed by atoms with E-state index in [0.717, 1.165) is 0 Å². The number of carboxylic acids is 1. The van der Waals surface area contributed by atoms with Gasteiger partial charge in [0.05, 0.1) is 18.6 Å². The SMILES string of the molecule is CC(C)(COC(=O)c1ccccc1OC(O)c1ccccc1O)C(O)C(=O)NCCC(=O)O. The molecule has 178 valence electrons. The van der Waals surface area contributed by atoms with Crippen molar-refractivity contribution in [3.63, 3.8) is 0 Å². The predicted octanol–water partition coefficient (Wildman–Crippen LogP) is 1.60. The third kappa shape index (κ3) is 7.19. The van der Waals surface area contributed by atoms with Gasteiger partial charge in [-0.1, -0.05) is 38.1 Å². The van der Waals surface area contributed by atoms with Crippen molar-refractivity contribution in [2.75, 3.05) is 13.2 Å². The van der Waals surface area contributed by atoms with Crippen molar-refractivity contribution >= 4 is 17.8 Å². The molecule has 10 nitrogen and oxygen atoms in total. The lowest BCUT2D eigenvalue weighted by Gasteiger charge is -2.29. The van der Waals surface area contributed by atoms with Gasteiger partial charge in [-0.3, -0.25) is 9.59 Å². The zero-order valence-electron chi connectivity index (χ0n) is 18.2. The van der Waals surface area contributed by atoms with E-state index in [1.165, 1.54) is 38.1 Å². The first kappa shape index (κ1) is 25.6. The molecule has 2 aromatic rings. The van der Waals surface area contributed by atoms with Gasteiger partial charge in [-0.15, -0.1) is 0 Å². The van der Waals surface area contributed by atoms with Crippen LogP contribution in [0.25, 0.3) is 0 Å². The number of carbonyl (C=O) groups excluding carboxylic acids is 2. The van der Waals surface area contributed by atoms with Crippen LogP contribution in [0.2, 0.25) is 0 Å². The summed E-state index contributed by atoms with van der Waals surface area (Å²) in [5.41, 5.74) is -1.09. The molecule has 2 rings (SSSR count). The van der Waals surface area contributed by atoms with E-state index in [2.05, 4.69) is 5.32 Å². The van der Waals surface area contributed by atoms with Crippen LogP contribution in [0.15, 0.2) is 48.5 Å². The predicted molar refractivity (Wildman–Crippen MR) is 115 cm³/mol. The highest BCUT2D eigenvalue weighted by molar-refractivity contribution is 5.92. The number of hydrogen-bond donors (Lipinski definition) is 5. The Morgan fingerprint density at radius 1 is 1.03 bits per heavy atom. The Bertz CT molecular complexity index is 989. The molecule has 0 saturated heterocycles. The van der Waals surface area contributed by atoms with Crippen LogP contribution in [0.4, 0.5) is 0 Å². The average Bonchev–Trinajstić information content (AvgIpc) is 2.77. The largest absolute Gasteiger partial charge is 0.507 e. The number of para-hydroxylation sites is 2. The molecule has 0 radical (unpaired) electrons. The molecule has 0 heterocycles. The van der Waals surface area contributed by atoms with Crippen LogP contribution in [-0.4, -0.2) is 57.5 Å². The summed E-state index contributed by atoms with van der Waals surface area (Å²) in [6, 6.07) is 12.0. The highest BCUT2D eigenvalue weighted by atomic mass is 16.6. The van der Waals surface area contributed by atoms with E-state index in [4.69, 9.17) is 14.6 Å². The van der Waals surface area contributed by atoms with Crippen LogP contribution in [-0.2, 0) is 14.3 Å². The van der Waals surface area contributed by atoms with Gasteiger partial charge in [-0.05, 0) is 24.3 Å². The van der Waals surface area contributed by atoms with Crippen LogP contribution < -0.4 is 10.1 Å². The Labute approximate surface area is 190 Å². The van der Waals surface area contributed by atoms with Gasteiger partial charge in [0, 0.05) is 12.0 Å². The topological polar surface area (TPSA) is 163 Å². The Balaban J connectivity index is 2.03. The monoisotopic (exact) mass is 461 g/mol. The van der Waals surface area contributed by atoms with Gasteiger partial charge in [0.25, 0.3) is 0 Å². The number of ether oxygens (including phenoxy) is 2. The van der Waals surface area contributed by atoms with Crippen LogP contribution in [0, 0.1) is 5.41 Å². The number of hydrogen-bond acceptors (Lipinski definition) is 8. The van der Waals surface area contributed by atoms with Gasteiger partial charge < -0.3 is 35.2 Å². The molecule has 0 aliphatic heterocycles. The molecule has 0 fully saturated rings. The number of aliphatic hydroxyl groups is 2. The van der Waals surface area contributed by atoms with Crippen molar-refractivity contribution in [3.8, 4) is 11.5 Å². The standard InChI is InChI=1S/C23H27NO9/c1-23(2,19(28)20(29)24-12-11-18(26)27)13-32-21(30)15-8-4-6-10-17(15)33-22(31)14-7-3-5-9-16(14)25/h3-10,19,22,25,28,31H,11-13H2,1-2H3,(H,24,29)(H,26,27). The molecule has 2 atom stereocenters. The first-order chi connectivity index (χ1) is 15.5. The molecule has 1 amide bonds. The average molecular weight is 461 g/mol. The summed E-state index contributed by atoms with van der Waals surface area (Å²) in [4.78, 5) is 35.3. The fourth-order valence-corrected chi connectivity index (χ4v) is 2.77. The van der Waals surface area contributed by atoms with Gasteiger partial charge in [-0.25, -0.2) is 4.79 Å². The maximum atomic E-state index is 12.7. The molecule has 0 aliphatic carbocycles. The summed E-state index contributed by atoms with van der Waals surface area (Å²) in [6.45, 7) is 2.53. The number of carboxylic acid groups (broad SMARTS) is 1. The van der Waals surface area contributed by atoms with Gasteiger partial charge >= 0.3 is 11.9 Å². The normalized spacial score (nSPS) is 13.0. The van der Waals surface area contributed by atoms with Crippen molar-refractivity contribution in [2.45, 2.75) is 32.7 Å². The summed E-state index contributed by atoms with van der Waals surface area (Å²) >= 11 is 0. The Kier molecular flexibility index (Phi) is 8.78. The number of benzene rings is 2. The minimum Gasteiger partial charge on any atom is -0.507 e. The summed E-state index contributed by atoms with van der Waals surface area (Å²) in [6.07, 6.45) is -3.40. The lowest BCUT2D eigenvalue weighted by Crippen LogP contribution is -2.46. The first-order valence-corrected chi connectivity index (χ1v) is 10.1. The number of phenolic OH excluding ortho intramolecular Hbond substituents is 1. The molecule has 5 N–H and O–H groups in total. The number of aromatic hydroxyl groups is 1. The third-order valence-electron chi connectivity index (χ3n) is 4.75. The van der Waals surface area contributed by atoms with E-state index in [1.807, 2.05) is 0 Å². The number of rotatable bonds is 11. The van der Waals surface area contributed by atoms with Crippen molar-refractivity contribution in [3.05, 3.63) is 59.7 Å². The van der Waals surface area contributed by atoms with Crippen molar-refractivity contribution in [1.29, 1.82) is 0 Å². The Morgan fingerprint density at radius 3 is 2.33 bits per heavy atom. The molecule has 0 aromatic heterocycles. The maximum absolute atomic E-state index is 12.7. The first-order valence-electron chi connectivity index (χ1n) is 10.1. The van der Waals surface area contributed by atoms with Crippen molar-refractivity contribution in [2.24, 2.45) is 5.41 Å². The van der Waals surface area contributed by atoms with Gasteiger partial charge in [0.1, 0.15) is 23.2 Å². The van der Waals surface area contributed by atoms with Crippen LogP contribution in [0.5, 0.6) is 11.5 Å². The fourth-order valence-electron chi connectivity index (χ4n) is 2.77. The Hall–Kier alpha value is -3.63. The van der Waals surface area contributed by atoms with Gasteiger partial charge in [-0.2, -0.15) is 0 Å². The third-order valence-corrected chi connectivity index (χ3v) is 4.75. The maximum Gasteiger partial charge on any atom is 0.341 e. The van der Waals surface area contributed by atoms with Crippen LogP contribution >= 0.6 is 0 Å². The number of carbonyl (C=O) groups is 3. The number of nitrogens with one attached hydrogen (secondary N) is 1. The molecule has 0 saturated carbocycles. The van der Waals surface area contributed by atoms with Crippen LogP contribution in [0.1, 0.15) is 42.5 Å². The Morgan fingerprint density at radius 2 is 1.67 bits per heavy atom. The van der Waals surface area contributed by atoms with E-state index in [9.17, 15) is 29.7 Å². The van der Waals surface area contributed by atoms with Gasteiger partial charge in [0.15, 0.2) is 0 Å². The molecular weight excluding hydrogens is 434 g/mol. The summed E-state index contributed by atoms with van der Waals surface area (Å²) in [5.74, 6) is -2.87. The van der Waals surface area contributed by atoms with E-state index in [-0.39, 0.29) is 42.2 Å². The summed E-state index contributed by atoms with van der Waals surface area (Å²) < 4.78 is 10.7. The summed E-state index contributed by atoms with van der Waals surface area (Å²) in [5, 5.41) is 41.4. The molecular formula is C23H27NO9. The van der Waals surface area contributed by atoms with E-state index >= 15 is 0 Å². The zero-order valence-corrected chi connectivity index (χ0v) is 18.2. The number of aliphatic carboxylic acids is 1. The number of aliphatic hydroxyl groups excluding tert-OH is 2. The molecule has 33 heavy (non-hydrogen) atoms. The lowest BCUT2D eigenvalue weighted by molar-refractivity contribution is -0.138. The summed E-state index contributed by atoms with van der Waals surface area (Å²) in [7, 11) is 0. The fraction of sp³-hybridized carbons (Fsp3) is 0.348. The number of esters is 1. The molecule has 2 aromatic carbocycles. The molecule has 0 aliphatic rings. The van der Waals surface area contributed by atoms with E-state index in [0.29, 0.717) is 0 Å². The molecule has 10 heteroatoms. The second-order valence-electron chi connectivity index (χ2n) is 7.93. The van der Waals surface area contributed by atoms with Gasteiger partial charge in [0.2, 0.25) is 12.2 Å². The number of phenols is 1. The zero-order chi connectivity index (χ0) is 24.6.